The van der Waals surface area contributed by atoms with Crippen molar-refractivity contribution >= 4 is 34.2 Å². The first-order valence-corrected chi connectivity index (χ1v) is 11.7. The molecule has 0 spiro atoms. The summed E-state index contributed by atoms with van der Waals surface area (Å²) in [4.78, 5) is 16.8. The van der Waals surface area contributed by atoms with Gasteiger partial charge in [0.25, 0.3) is 5.91 Å². The molecule has 0 aliphatic rings. The molecule has 10 heteroatoms. The van der Waals surface area contributed by atoms with Crippen molar-refractivity contribution in [3.8, 4) is 16.4 Å². The summed E-state index contributed by atoms with van der Waals surface area (Å²) in [7, 11) is 0. The number of aryl methyl sites for hydroxylation is 1. The number of alkyl halides is 3. The standard InChI is InChI=1S/C26H18F3N5OS/c1-16-5-4-6-17(11-16)14-30-32-24(35)21-15-36-25(31-21)34-22(13-23(33-34)26(27,28)29)20-10-9-18-7-2-3-8-19(18)12-20/h2-15H,1H3,(H,32,35). The number of carbonyl (C=O) groups is 1. The minimum absolute atomic E-state index is 0.0184. The number of aromatic nitrogens is 3. The van der Waals surface area contributed by atoms with Crippen LogP contribution in [-0.4, -0.2) is 26.9 Å². The van der Waals surface area contributed by atoms with Crippen LogP contribution >= 0.6 is 11.3 Å². The molecule has 0 unspecified atom stereocenters. The molecule has 0 atom stereocenters. The average molecular weight is 506 g/mol. The maximum atomic E-state index is 13.5. The molecule has 36 heavy (non-hydrogen) atoms. The summed E-state index contributed by atoms with van der Waals surface area (Å²) >= 11 is 1.01. The van der Waals surface area contributed by atoms with Gasteiger partial charge in [-0.15, -0.1) is 11.3 Å². The fourth-order valence-corrected chi connectivity index (χ4v) is 4.43. The molecule has 0 saturated heterocycles. The van der Waals surface area contributed by atoms with Gasteiger partial charge in [0, 0.05) is 10.9 Å². The molecule has 6 nitrogen and oxygen atoms in total. The number of hydrogen-bond acceptors (Lipinski definition) is 5. The van der Waals surface area contributed by atoms with Crippen LogP contribution in [0.2, 0.25) is 0 Å². The fourth-order valence-electron chi connectivity index (χ4n) is 3.66. The quantitative estimate of drug-likeness (QED) is 0.227. The van der Waals surface area contributed by atoms with Gasteiger partial charge in [-0.25, -0.2) is 15.1 Å². The normalized spacial score (nSPS) is 11.9. The number of fused-ring (bicyclic) bond motifs is 1. The second kappa shape index (κ2) is 9.38. The van der Waals surface area contributed by atoms with E-state index in [-0.39, 0.29) is 16.5 Å². The van der Waals surface area contributed by atoms with E-state index in [1.807, 2.05) is 61.5 Å². The SMILES string of the molecule is Cc1cccc(C=NNC(=O)c2csc(-n3nc(C(F)(F)F)cc3-c3ccc4ccccc4c3)n2)c1. The van der Waals surface area contributed by atoms with Crippen molar-refractivity contribution in [2.24, 2.45) is 5.10 Å². The van der Waals surface area contributed by atoms with E-state index in [9.17, 15) is 18.0 Å². The first kappa shape index (κ1) is 23.4. The van der Waals surface area contributed by atoms with E-state index in [4.69, 9.17) is 0 Å². The maximum Gasteiger partial charge on any atom is 0.435 e. The van der Waals surface area contributed by atoms with Gasteiger partial charge in [-0.1, -0.05) is 66.2 Å². The minimum Gasteiger partial charge on any atom is -0.266 e. The van der Waals surface area contributed by atoms with Crippen LogP contribution < -0.4 is 5.43 Å². The molecule has 0 aliphatic heterocycles. The lowest BCUT2D eigenvalue weighted by Gasteiger charge is -2.06. The van der Waals surface area contributed by atoms with Crippen LogP contribution in [0.15, 0.2) is 83.3 Å². The van der Waals surface area contributed by atoms with E-state index in [2.05, 4.69) is 20.6 Å². The predicted octanol–water partition coefficient (Wildman–Crippen LogP) is 6.24. The molecule has 0 fully saturated rings. The molecule has 180 valence electrons. The van der Waals surface area contributed by atoms with Crippen molar-refractivity contribution in [1.29, 1.82) is 0 Å². The topological polar surface area (TPSA) is 72.2 Å². The Morgan fingerprint density at radius 2 is 1.83 bits per heavy atom. The van der Waals surface area contributed by atoms with Crippen LogP contribution in [-0.2, 0) is 6.18 Å². The lowest BCUT2D eigenvalue weighted by molar-refractivity contribution is -0.141. The summed E-state index contributed by atoms with van der Waals surface area (Å²) < 4.78 is 41.7. The van der Waals surface area contributed by atoms with Gasteiger partial charge in [0.05, 0.1) is 11.9 Å². The zero-order valence-corrected chi connectivity index (χ0v) is 19.6. The van der Waals surface area contributed by atoms with Crippen molar-refractivity contribution in [3.63, 3.8) is 0 Å². The van der Waals surface area contributed by atoms with E-state index in [1.165, 1.54) is 11.6 Å². The highest BCUT2D eigenvalue weighted by Crippen LogP contribution is 2.34. The number of nitrogens with one attached hydrogen (secondary N) is 1. The molecule has 1 amide bonds. The monoisotopic (exact) mass is 505 g/mol. The third-order valence-corrected chi connectivity index (χ3v) is 6.19. The molecule has 2 aromatic heterocycles. The number of benzene rings is 3. The Balaban J connectivity index is 1.45. The van der Waals surface area contributed by atoms with Crippen molar-refractivity contribution in [3.05, 3.63) is 101 Å². The number of nitrogens with zero attached hydrogens (tertiary/aromatic N) is 4. The van der Waals surface area contributed by atoms with Crippen LogP contribution in [0, 0.1) is 6.92 Å². The fraction of sp³-hybridized carbons (Fsp3) is 0.0769. The van der Waals surface area contributed by atoms with Gasteiger partial charge >= 0.3 is 6.18 Å². The number of halogens is 3. The van der Waals surface area contributed by atoms with E-state index in [0.717, 1.165) is 44.0 Å². The maximum absolute atomic E-state index is 13.5. The van der Waals surface area contributed by atoms with Crippen molar-refractivity contribution in [2.45, 2.75) is 13.1 Å². The van der Waals surface area contributed by atoms with Gasteiger partial charge in [0.2, 0.25) is 5.13 Å². The third-order valence-electron chi connectivity index (χ3n) is 5.37. The first-order chi connectivity index (χ1) is 17.3. The Labute approximate surface area is 207 Å². The van der Waals surface area contributed by atoms with Crippen LogP contribution in [0.25, 0.3) is 27.2 Å². The van der Waals surface area contributed by atoms with Gasteiger partial charge in [-0.05, 0) is 35.4 Å². The molecular formula is C26H18F3N5OS. The Morgan fingerprint density at radius 3 is 2.61 bits per heavy atom. The highest BCUT2D eigenvalue weighted by atomic mass is 32.1. The lowest BCUT2D eigenvalue weighted by Crippen LogP contribution is -2.18. The summed E-state index contributed by atoms with van der Waals surface area (Å²) in [5.74, 6) is -0.586. The lowest BCUT2D eigenvalue weighted by atomic mass is 10.0. The Bertz CT molecular complexity index is 1600. The highest BCUT2D eigenvalue weighted by Gasteiger charge is 2.35. The second-order valence-corrected chi connectivity index (χ2v) is 8.85. The van der Waals surface area contributed by atoms with Gasteiger partial charge in [0.1, 0.15) is 5.69 Å². The molecule has 3 aromatic carbocycles. The van der Waals surface area contributed by atoms with E-state index >= 15 is 0 Å². The van der Waals surface area contributed by atoms with Gasteiger partial charge in [-0.3, -0.25) is 4.79 Å². The summed E-state index contributed by atoms with van der Waals surface area (Å²) in [5.41, 5.74) is 3.98. The third kappa shape index (κ3) is 4.89. The number of carbonyl (C=O) groups excluding carboxylic acids is 1. The number of hydrazone groups is 1. The molecule has 2 heterocycles. The summed E-state index contributed by atoms with van der Waals surface area (Å²) in [5, 5.41) is 11.1. The molecular weight excluding hydrogens is 487 g/mol. The zero-order valence-electron chi connectivity index (χ0n) is 18.8. The average Bonchev–Trinajstić information content (AvgIpc) is 3.51. The van der Waals surface area contributed by atoms with Gasteiger partial charge in [0.15, 0.2) is 5.69 Å². The van der Waals surface area contributed by atoms with Gasteiger partial charge in [-0.2, -0.15) is 23.4 Å². The summed E-state index contributed by atoms with van der Waals surface area (Å²) in [6.45, 7) is 1.94. The Hall–Kier alpha value is -4.31. The van der Waals surface area contributed by atoms with Crippen LogP contribution in [0.5, 0.6) is 0 Å². The number of amides is 1. The van der Waals surface area contributed by atoms with E-state index in [1.54, 1.807) is 12.1 Å². The second-order valence-electron chi connectivity index (χ2n) is 8.01. The summed E-state index contributed by atoms with van der Waals surface area (Å²) in [6, 6.07) is 21.5. The molecule has 5 rings (SSSR count). The molecule has 0 radical (unpaired) electrons. The van der Waals surface area contributed by atoms with Gasteiger partial charge < -0.3 is 0 Å². The molecule has 0 saturated carbocycles. The van der Waals surface area contributed by atoms with Crippen molar-refractivity contribution < 1.29 is 18.0 Å². The van der Waals surface area contributed by atoms with Crippen LogP contribution in [0.1, 0.15) is 27.3 Å². The van der Waals surface area contributed by atoms with E-state index in [0.29, 0.717) is 5.56 Å². The molecule has 0 aliphatic carbocycles. The Morgan fingerprint density at radius 1 is 1.03 bits per heavy atom. The van der Waals surface area contributed by atoms with Crippen molar-refractivity contribution in [2.75, 3.05) is 0 Å². The zero-order chi connectivity index (χ0) is 25.3. The molecule has 5 aromatic rings. The van der Waals surface area contributed by atoms with E-state index < -0.39 is 17.8 Å². The first-order valence-electron chi connectivity index (χ1n) is 10.8. The Kier molecular flexibility index (Phi) is 6.11. The molecule has 0 bridgehead atoms. The minimum atomic E-state index is -4.64. The summed E-state index contributed by atoms with van der Waals surface area (Å²) in [6.07, 6.45) is -3.14. The number of rotatable bonds is 5. The van der Waals surface area contributed by atoms with Crippen molar-refractivity contribution in [1.82, 2.24) is 20.2 Å². The predicted molar refractivity (Wildman–Crippen MR) is 133 cm³/mol. The highest BCUT2D eigenvalue weighted by molar-refractivity contribution is 7.12. The largest absolute Gasteiger partial charge is 0.435 e. The van der Waals surface area contributed by atoms with Crippen LogP contribution in [0.3, 0.4) is 0 Å². The smallest absolute Gasteiger partial charge is 0.266 e. The number of hydrogen-bond donors (Lipinski definition) is 1. The number of thiazole rings is 1. The molecule has 1 N–H and O–H groups in total. The van der Waals surface area contributed by atoms with Crippen LogP contribution in [0.4, 0.5) is 13.2 Å².